The minimum Gasteiger partial charge on any atom is -0.508 e. The number of nitrogens with one attached hydrogen (secondary N) is 2. The van der Waals surface area contributed by atoms with Crippen molar-refractivity contribution in [3.05, 3.63) is 29.3 Å². The molecule has 6 nitrogen and oxygen atoms in total. The summed E-state index contributed by atoms with van der Waals surface area (Å²) in [6.45, 7) is 4.75. The van der Waals surface area contributed by atoms with E-state index in [1.807, 2.05) is 6.07 Å². The van der Waals surface area contributed by atoms with Gasteiger partial charge in [-0.3, -0.25) is 0 Å². The maximum Gasteiger partial charge on any atom is 0.404 e. The number of likely N-dealkylation sites (N-methyl/N-ethyl adjacent to an activating group) is 1. The summed E-state index contributed by atoms with van der Waals surface area (Å²) in [5.74, 6) is 0.343. The number of phenols is 1. The van der Waals surface area contributed by atoms with E-state index in [0.717, 1.165) is 38.8 Å². The molecule has 1 aromatic carbocycles. The average molecular weight is 347 g/mol. The van der Waals surface area contributed by atoms with Crippen LogP contribution in [0.25, 0.3) is 0 Å². The summed E-state index contributed by atoms with van der Waals surface area (Å²) in [4.78, 5) is 12.9. The molecule has 1 heterocycles. The summed E-state index contributed by atoms with van der Waals surface area (Å²) in [6.07, 6.45) is 2.88. The normalized spacial score (nSPS) is 28.4. The van der Waals surface area contributed by atoms with E-state index in [1.165, 1.54) is 11.1 Å². The number of carbonyl (C=O) groups is 1. The van der Waals surface area contributed by atoms with E-state index < -0.39 is 6.09 Å². The lowest BCUT2D eigenvalue weighted by Crippen LogP contribution is -2.66. The van der Waals surface area contributed by atoms with Crippen molar-refractivity contribution in [1.29, 1.82) is 0 Å². The van der Waals surface area contributed by atoms with Crippen LogP contribution < -0.4 is 10.6 Å². The van der Waals surface area contributed by atoms with Crippen molar-refractivity contribution in [3.8, 4) is 5.75 Å². The maximum atomic E-state index is 10.5. The van der Waals surface area contributed by atoms with Gasteiger partial charge in [-0.15, -0.1) is 0 Å². The molecular formula is C19H29N3O3. The number of unbranched alkanes of at least 4 members (excludes halogenated alkanes) is 1. The van der Waals surface area contributed by atoms with Gasteiger partial charge in [-0.1, -0.05) is 13.0 Å². The summed E-state index contributed by atoms with van der Waals surface area (Å²) in [7, 11) is 2.20. The predicted molar refractivity (Wildman–Crippen MR) is 97.3 cm³/mol. The molecule has 0 radical (unpaired) electrons. The Morgan fingerprint density at radius 3 is 2.88 bits per heavy atom. The molecule has 138 valence electrons. The van der Waals surface area contributed by atoms with Gasteiger partial charge in [0.15, 0.2) is 0 Å². The molecule has 3 atom stereocenters. The molecule has 4 N–H and O–H groups in total. The Hall–Kier alpha value is -1.79. The van der Waals surface area contributed by atoms with Crippen molar-refractivity contribution in [2.24, 2.45) is 0 Å². The number of amides is 1. The van der Waals surface area contributed by atoms with Gasteiger partial charge in [0.2, 0.25) is 0 Å². The van der Waals surface area contributed by atoms with Gasteiger partial charge in [0.05, 0.1) is 0 Å². The van der Waals surface area contributed by atoms with Gasteiger partial charge in [-0.2, -0.15) is 0 Å². The van der Waals surface area contributed by atoms with Crippen LogP contribution in [0, 0.1) is 0 Å². The molecule has 2 aliphatic rings. The third kappa shape index (κ3) is 3.60. The second kappa shape index (κ2) is 7.22. The third-order valence-electron chi connectivity index (χ3n) is 6.00. The Balaban J connectivity index is 1.69. The highest BCUT2D eigenvalue weighted by Gasteiger charge is 2.49. The van der Waals surface area contributed by atoms with Crippen LogP contribution in [-0.2, 0) is 11.8 Å². The van der Waals surface area contributed by atoms with E-state index in [2.05, 4.69) is 35.6 Å². The van der Waals surface area contributed by atoms with E-state index in [1.54, 1.807) is 6.07 Å². The van der Waals surface area contributed by atoms with Crippen molar-refractivity contribution in [1.82, 2.24) is 15.5 Å². The number of aromatic hydroxyl groups is 1. The van der Waals surface area contributed by atoms with Gasteiger partial charge >= 0.3 is 6.09 Å². The van der Waals surface area contributed by atoms with E-state index >= 15 is 0 Å². The van der Waals surface area contributed by atoms with Crippen molar-refractivity contribution in [2.45, 2.75) is 50.1 Å². The monoisotopic (exact) mass is 347 g/mol. The Kier molecular flexibility index (Phi) is 5.20. The van der Waals surface area contributed by atoms with E-state index in [-0.39, 0.29) is 5.41 Å². The first-order valence-corrected chi connectivity index (χ1v) is 9.14. The van der Waals surface area contributed by atoms with Crippen LogP contribution in [0.4, 0.5) is 4.79 Å². The molecule has 1 aromatic rings. The quantitative estimate of drug-likeness (QED) is 0.591. The van der Waals surface area contributed by atoms with Crippen LogP contribution >= 0.6 is 0 Å². The lowest BCUT2D eigenvalue weighted by molar-refractivity contribution is 0.0658. The zero-order chi connectivity index (χ0) is 18.0. The van der Waals surface area contributed by atoms with Gasteiger partial charge in [-0.05, 0) is 69.1 Å². The molecule has 1 aliphatic heterocycles. The van der Waals surface area contributed by atoms with Gasteiger partial charge < -0.3 is 25.7 Å². The Morgan fingerprint density at radius 1 is 1.36 bits per heavy atom. The van der Waals surface area contributed by atoms with Crippen LogP contribution in [0.1, 0.15) is 37.3 Å². The smallest absolute Gasteiger partial charge is 0.404 e. The topological polar surface area (TPSA) is 84.8 Å². The highest BCUT2D eigenvalue weighted by Crippen LogP contribution is 2.45. The lowest BCUT2D eigenvalue weighted by Gasteiger charge is -2.55. The first-order valence-electron chi connectivity index (χ1n) is 9.14. The first-order chi connectivity index (χ1) is 11.9. The van der Waals surface area contributed by atoms with Gasteiger partial charge in [0, 0.05) is 24.0 Å². The molecule has 6 heteroatoms. The molecule has 0 spiro atoms. The van der Waals surface area contributed by atoms with E-state index in [4.69, 9.17) is 5.11 Å². The number of piperidine rings is 1. The number of carboxylic acid groups (broad SMARTS) is 1. The largest absolute Gasteiger partial charge is 0.508 e. The second-order valence-electron chi connectivity index (χ2n) is 7.63. The number of rotatable bonds is 6. The number of benzene rings is 1. The highest BCUT2D eigenvalue weighted by molar-refractivity contribution is 5.64. The predicted octanol–water partition coefficient (Wildman–Crippen LogP) is 1.92. The molecule has 1 aliphatic carbocycles. The fourth-order valence-electron chi connectivity index (χ4n) is 4.55. The number of likely N-dealkylation sites (tertiary alicyclic amines) is 1. The van der Waals surface area contributed by atoms with Crippen molar-refractivity contribution >= 4 is 6.09 Å². The van der Waals surface area contributed by atoms with Gasteiger partial charge in [0.1, 0.15) is 5.75 Å². The van der Waals surface area contributed by atoms with Crippen LogP contribution in [0.2, 0.25) is 0 Å². The molecule has 0 saturated carbocycles. The van der Waals surface area contributed by atoms with E-state index in [0.29, 0.717) is 24.4 Å². The summed E-state index contributed by atoms with van der Waals surface area (Å²) in [6, 6.07) is 6.60. The van der Waals surface area contributed by atoms with Crippen LogP contribution in [0.3, 0.4) is 0 Å². The Bertz CT molecular complexity index is 636. The molecule has 2 bridgehead atoms. The van der Waals surface area contributed by atoms with E-state index in [9.17, 15) is 9.90 Å². The van der Waals surface area contributed by atoms with Crippen molar-refractivity contribution in [3.63, 3.8) is 0 Å². The summed E-state index contributed by atoms with van der Waals surface area (Å²) >= 11 is 0. The number of hydrogen-bond donors (Lipinski definition) is 4. The minimum atomic E-state index is -0.958. The standard InChI is InChI=1S/C19H29N3O3/c1-19-7-10-22(2)16(11-13-5-6-14(23)12-15(13)19)17(19)20-8-3-4-9-21-18(24)25/h5-6,12,16-17,20-21,23H,3-4,7-11H2,1-2H3,(H,24,25)/t16-,17+,19+/m1/s1. The summed E-state index contributed by atoms with van der Waals surface area (Å²) < 4.78 is 0. The molecule has 1 amide bonds. The van der Waals surface area contributed by atoms with Gasteiger partial charge in [-0.25, -0.2) is 4.79 Å². The summed E-state index contributed by atoms with van der Waals surface area (Å²) in [5.41, 5.74) is 2.64. The SMILES string of the molecule is CN1CC[C@@]2(C)c3cc(O)ccc3C[C@@H]1[C@@H]2NCCCCNC(=O)O. The average Bonchev–Trinajstić information content (AvgIpc) is 2.56. The van der Waals surface area contributed by atoms with Crippen LogP contribution in [0.5, 0.6) is 5.75 Å². The summed E-state index contributed by atoms with van der Waals surface area (Å²) in [5, 5.41) is 24.7. The number of phenolic OH excluding ortho intramolecular Hbond substituents is 1. The molecule has 1 saturated heterocycles. The Morgan fingerprint density at radius 2 is 2.12 bits per heavy atom. The molecule has 1 fully saturated rings. The molecular weight excluding hydrogens is 318 g/mol. The van der Waals surface area contributed by atoms with Gasteiger partial charge in [0.25, 0.3) is 0 Å². The zero-order valence-corrected chi connectivity index (χ0v) is 15.1. The minimum absolute atomic E-state index is 0.0167. The highest BCUT2D eigenvalue weighted by atomic mass is 16.4. The fraction of sp³-hybridized carbons (Fsp3) is 0.632. The fourth-order valence-corrected chi connectivity index (χ4v) is 4.55. The van der Waals surface area contributed by atoms with Crippen molar-refractivity contribution in [2.75, 3.05) is 26.7 Å². The first kappa shape index (κ1) is 18.0. The van der Waals surface area contributed by atoms with Crippen LogP contribution in [0.15, 0.2) is 18.2 Å². The second-order valence-corrected chi connectivity index (χ2v) is 7.63. The molecule has 0 unspecified atom stereocenters. The van der Waals surface area contributed by atoms with Crippen LogP contribution in [-0.4, -0.2) is 60.0 Å². The maximum absolute atomic E-state index is 10.5. The third-order valence-corrected chi connectivity index (χ3v) is 6.00. The molecule has 25 heavy (non-hydrogen) atoms. The lowest BCUT2D eigenvalue weighted by atomic mass is 9.61. The van der Waals surface area contributed by atoms with Crippen molar-refractivity contribution < 1.29 is 15.0 Å². The molecule has 0 aromatic heterocycles. The molecule has 3 rings (SSSR count). The number of hydrogen-bond acceptors (Lipinski definition) is 4. The zero-order valence-electron chi connectivity index (χ0n) is 15.1. The number of nitrogens with zero attached hydrogens (tertiary/aromatic N) is 1. The number of fused-ring (bicyclic) bond motifs is 4. The Labute approximate surface area is 149 Å².